The number of H-pyrrole nitrogens is 2. The molecule has 0 spiro atoms. The van der Waals surface area contributed by atoms with Gasteiger partial charge in [-0.05, 0) is 31.2 Å². The minimum atomic E-state index is -4.66. The number of halogens is 4. The Hall–Kier alpha value is -3.66. The van der Waals surface area contributed by atoms with E-state index in [9.17, 15) is 18.0 Å². The van der Waals surface area contributed by atoms with Crippen LogP contribution in [0.4, 0.5) is 23.2 Å². The van der Waals surface area contributed by atoms with Crippen LogP contribution in [0.2, 0.25) is 0 Å². The van der Waals surface area contributed by atoms with Crippen LogP contribution in [0.3, 0.4) is 0 Å². The molecular formula is C24H20F4N4O2. The number of nitrogens with zero attached hydrogens (tertiary/aromatic N) is 2. The summed E-state index contributed by atoms with van der Waals surface area (Å²) in [6.45, 7) is 3.54. The topological polar surface area (TPSA) is 74.0 Å². The molecule has 176 valence electrons. The normalized spacial score (nSPS) is 16.9. The molecule has 1 fully saturated rings. The van der Waals surface area contributed by atoms with Gasteiger partial charge >= 0.3 is 6.18 Å². The zero-order valence-electron chi connectivity index (χ0n) is 18.0. The predicted molar refractivity (Wildman–Crippen MR) is 118 cm³/mol. The smallest absolute Gasteiger partial charge is 0.375 e. The summed E-state index contributed by atoms with van der Waals surface area (Å²) in [6, 6.07) is 9.42. The molecule has 6 nitrogen and oxygen atoms in total. The van der Waals surface area contributed by atoms with Crippen molar-refractivity contribution in [2.45, 2.75) is 19.2 Å². The third-order valence-corrected chi connectivity index (χ3v) is 5.83. The third kappa shape index (κ3) is 3.94. The van der Waals surface area contributed by atoms with Gasteiger partial charge in [0.15, 0.2) is 17.4 Å². The van der Waals surface area contributed by atoms with Crippen LogP contribution in [0.15, 0.2) is 48.7 Å². The molecule has 5 rings (SSSR count). The van der Waals surface area contributed by atoms with Gasteiger partial charge in [-0.2, -0.15) is 13.2 Å². The maximum absolute atomic E-state index is 15.3. The molecule has 0 saturated carbocycles. The van der Waals surface area contributed by atoms with Crippen molar-refractivity contribution < 1.29 is 27.1 Å². The molecule has 2 aromatic heterocycles. The Kier molecular flexibility index (Phi) is 5.40. The highest BCUT2D eigenvalue weighted by Crippen LogP contribution is 2.34. The van der Waals surface area contributed by atoms with E-state index in [1.54, 1.807) is 12.1 Å². The summed E-state index contributed by atoms with van der Waals surface area (Å²) < 4.78 is 60.8. The first-order valence-electron chi connectivity index (χ1n) is 10.7. The average molecular weight is 472 g/mol. The van der Waals surface area contributed by atoms with Crippen molar-refractivity contribution in [3.05, 3.63) is 71.2 Å². The number of ether oxygens (including phenoxy) is 1. The first-order valence-corrected chi connectivity index (χ1v) is 10.7. The number of benzene rings is 2. The molecule has 1 aliphatic heterocycles. The molecule has 1 atom stereocenters. The summed E-state index contributed by atoms with van der Waals surface area (Å²) in [5, 5.41) is 0. The van der Waals surface area contributed by atoms with E-state index in [2.05, 4.69) is 15.0 Å². The summed E-state index contributed by atoms with van der Waals surface area (Å²) in [7, 11) is 0. The quantitative estimate of drug-likeness (QED) is 0.317. The van der Waals surface area contributed by atoms with Crippen LogP contribution in [-0.2, 0) is 10.9 Å². The molecule has 0 amide bonds. The summed E-state index contributed by atoms with van der Waals surface area (Å²) in [4.78, 5) is 24.9. The predicted octanol–water partition coefficient (Wildman–Crippen LogP) is 5.17. The molecule has 3 heterocycles. The number of nitrogens with one attached hydrogen (secondary N) is 2. The Labute approximate surface area is 191 Å². The van der Waals surface area contributed by atoms with Crippen LogP contribution in [-0.4, -0.2) is 46.5 Å². The fourth-order valence-electron chi connectivity index (χ4n) is 4.19. The Bertz CT molecular complexity index is 1380. The second-order valence-electron chi connectivity index (χ2n) is 8.18. The largest absolute Gasteiger partial charge is 0.417 e. The highest BCUT2D eigenvalue weighted by atomic mass is 19.4. The van der Waals surface area contributed by atoms with E-state index in [4.69, 9.17) is 4.74 Å². The van der Waals surface area contributed by atoms with Crippen LogP contribution < -0.4 is 4.90 Å². The number of aromatic nitrogens is 3. The van der Waals surface area contributed by atoms with Gasteiger partial charge in [-0.1, -0.05) is 18.2 Å². The Morgan fingerprint density at radius 2 is 2.00 bits per heavy atom. The number of carbonyl (C=O) groups is 1. The molecule has 1 aliphatic rings. The number of imidazole rings is 1. The zero-order valence-corrected chi connectivity index (χ0v) is 18.0. The molecule has 0 aliphatic carbocycles. The number of aromatic amines is 2. The number of morpholine rings is 1. The van der Waals surface area contributed by atoms with Gasteiger partial charge in [-0.25, -0.2) is 9.37 Å². The lowest BCUT2D eigenvalue weighted by Gasteiger charge is -2.33. The standard InChI is InChI=1S/C24H20F4N4O2/c1-13-12-32(8-9-34-13)19-7-6-17-21(20(19)25)31-23(30-17)18-10-14(11-29-18)22(33)15-4-2-3-5-16(15)24(26,27)28/h2-7,10-11,13,29H,8-9,12H2,1H3,(H,30,31)/t13-/m1/s1. The van der Waals surface area contributed by atoms with E-state index in [-0.39, 0.29) is 23.0 Å². The molecule has 34 heavy (non-hydrogen) atoms. The lowest BCUT2D eigenvalue weighted by Crippen LogP contribution is -2.41. The Morgan fingerprint density at radius 1 is 1.21 bits per heavy atom. The van der Waals surface area contributed by atoms with E-state index < -0.39 is 28.9 Å². The Balaban J connectivity index is 1.47. The molecule has 0 bridgehead atoms. The van der Waals surface area contributed by atoms with Gasteiger partial charge in [-0.3, -0.25) is 4.79 Å². The number of hydrogen-bond donors (Lipinski definition) is 2. The zero-order chi connectivity index (χ0) is 24.0. The Morgan fingerprint density at radius 3 is 2.76 bits per heavy atom. The molecule has 2 aromatic carbocycles. The van der Waals surface area contributed by atoms with Crippen molar-refractivity contribution >= 4 is 22.5 Å². The van der Waals surface area contributed by atoms with Crippen LogP contribution in [0, 0.1) is 5.82 Å². The molecule has 4 aromatic rings. The lowest BCUT2D eigenvalue weighted by molar-refractivity contribution is -0.137. The van der Waals surface area contributed by atoms with Gasteiger partial charge < -0.3 is 19.6 Å². The first kappa shape index (κ1) is 22.1. The highest BCUT2D eigenvalue weighted by molar-refractivity contribution is 6.10. The summed E-state index contributed by atoms with van der Waals surface area (Å²) in [5.74, 6) is -0.984. The molecule has 1 saturated heterocycles. The summed E-state index contributed by atoms with van der Waals surface area (Å²) in [5.41, 5.74) is -0.0366. The summed E-state index contributed by atoms with van der Waals surface area (Å²) >= 11 is 0. The first-order chi connectivity index (χ1) is 16.2. The SMILES string of the molecule is C[C@@H]1CN(c2ccc3[nH]c(-c4cc(C(=O)c5ccccc5C(F)(F)F)c[nH]4)nc3c2F)CCO1. The number of anilines is 1. The average Bonchev–Trinajstić information content (AvgIpc) is 3.46. The number of ketones is 1. The molecule has 10 heteroatoms. The van der Waals surface area contributed by atoms with Crippen molar-refractivity contribution in [1.29, 1.82) is 0 Å². The molecular weight excluding hydrogens is 452 g/mol. The molecule has 2 N–H and O–H groups in total. The monoisotopic (exact) mass is 472 g/mol. The van der Waals surface area contributed by atoms with Gasteiger partial charge in [0.25, 0.3) is 0 Å². The molecule has 0 radical (unpaired) electrons. The number of hydrogen-bond acceptors (Lipinski definition) is 4. The van der Waals surface area contributed by atoms with Crippen molar-refractivity contribution in [2.24, 2.45) is 0 Å². The van der Waals surface area contributed by atoms with E-state index in [0.29, 0.717) is 36.6 Å². The van der Waals surface area contributed by atoms with Gasteiger partial charge in [-0.15, -0.1) is 0 Å². The third-order valence-electron chi connectivity index (χ3n) is 5.83. The fraction of sp³-hybridized carbons (Fsp3) is 0.250. The van der Waals surface area contributed by atoms with Crippen LogP contribution in [0.1, 0.15) is 28.4 Å². The number of carbonyl (C=O) groups excluding carboxylic acids is 1. The van der Waals surface area contributed by atoms with Crippen molar-refractivity contribution in [2.75, 3.05) is 24.6 Å². The minimum absolute atomic E-state index is 0.0176. The highest BCUT2D eigenvalue weighted by Gasteiger charge is 2.35. The van der Waals surface area contributed by atoms with Crippen molar-refractivity contribution in [3.63, 3.8) is 0 Å². The van der Waals surface area contributed by atoms with Crippen LogP contribution >= 0.6 is 0 Å². The van der Waals surface area contributed by atoms with E-state index >= 15 is 4.39 Å². The lowest BCUT2D eigenvalue weighted by atomic mass is 9.99. The second-order valence-corrected chi connectivity index (χ2v) is 8.18. The minimum Gasteiger partial charge on any atom is -0.375 e. The van der Waals surface area contributed by atoms with Crippen molar-refractivity contribution in [3.8, 4) is 11.5 Å². The molecule has 0 unspecified atom stereocenters. The second kappa shape index (κ2) is 8.28. The van der Waals surface area contributed by atoms with Gasteiger partial charge in [0.1, 0.15) is 5.52 Å². The van der Waals surface area contributed by atoms with Crippen molar-refractivity contribution in [1.82, 2.24) is 15.0 Å². The number of alkyl halides is 3. The number of rotatable bonds is 4. The number of fused-ring (bicyclic) bond motifs is 1. The maximum atomic E-state index is 15.3. The van der Waals surface area contributed by atoms with E-state index in [1.165, 1.54) is 24.4 Å². The van der Waals surface area contributed by atoms with Crippen LogP contribution in [0.5, 0.6) is 0 Å². The van der Waals surface area contributed by atoms with E-state index in [0.717, 1.165) is 12.1 Å². The van der Waals surface area contributed by atoms with Gasteiger partial charge in [0.2, 0.25) is 0 Å². The van der Waals surface area contributed by atoms with Gasteiger partial charge in [0.05, 0.1) is 35.2 Å². The van der Waals surface area contributed by atoms with Gasteiger partial charge in [0, 0.05) is 30.4 Å². The fourth-order valence-corrected chi connectivity index (χ4v) is 4.19. The maximum Gasteiger partial charge on any atom is 0.417 e. The summed E-state index contributed by atoms with van der Waals surface area (Å²) in [6.07, 6.45) is -3.36. The van der Waals surface area contributed by atoms with Crippen LogP contribution in [0.25, 0.3) is 22.6 Å². The van der Waals surface area contributed by atoms with E-state index in [1.807, 2.05) is 11.8 Å².